The second-order valence-corrected chi connectivity index (χ2v) is 3.21. The first-order valence-corrected chi connectivity index (χ1v) is 3.46. The summed E-state index contributed by atoms with van der Waals surface area (Å²) in [7, 11) is 6.37. The van der Waals surface area contributed by atoms with E-state index in [4.69, 9.17) is 4.84 Å². The van der Waals surface area contributed by atoms with Crippen LogP contribution in [0.4, 0.5) is 0 Å². The third-order valence-electron chi connectivity index (χ3n) is 1.03. The highest BCUT2D eigenvalue weighted by atomic mass is 79.9. The van der Waals surface area contributed by atoms with Crippen molar-refractivity contribution in [2.75, 3.05) is 34.3 Å². The highest BCUT2D eigenvalue weighted by molar-refractivity contribution is 5.52. The van der Waals surface area contributed by atoms with Crippen LogP contribution in [0.1, 0.15) is 6.92 Å². The Labute approximate surface area is 79.4 Å². The smallest absolute Gasteiger partial charge is 0.165 e. The summed E-state index contributed by atoms with van der Waals surface area (Å²) in [5.74, 6) is 0. The van der Waals surface area contributed by atoms with Gasteiger partial charge in [0.1, 0.15) is 6.54 Å². The van der Waals surface area contributed by atoms with Gasteiger partial charge in [-0.2, -0.15) is 0 Å². The van der Waals surface area contributed by atoms with Crippen molar-refractivity contribution >= 4 is 6.21 Å². The van der Waals surface area contributed by atoms with Crippen LogP contribution in [0.2, 0.25) is 0 Å². The van der Waals surface area contributed by atoms with Crippen LogP contribution in [-0.2, 0) is 4.84 Å². The minimum atomic E-state index is 0. The van der Waals surface area contributed by atoms with E-state index >= 15 is 0 Å². The molecule has 3 nitrogen and oxygen atoms in total. The zero-order valence-electron chi connectivity index (χ0n) is 7.67. The summed E-state index contributed by atoms with van der Waals surface area (Å²) in [6.45, 7) is 3.51. The molecule has 0 unspecified atom stereocenters. The van der Waals surface area contributed by atoms with Gasteiger partial charge in [-0.1, -0.05) is 5.16 Å². The number of likely N-dealkylation sites (N-methyl/N-ethyl adjacent to an activating group) is 1. The maximum atomic E-state index is 4.91. The molecule has 0 aliphatic carbocycles. The summed E-state index contributed by atoms with van der Waals surface area (Å²) in [6.07, 6.45) is 1.65. The van der Waals surface area contributed by atoms with Gasteiger partial charge in [-0.15, -0.1) is 0 Å². The Kier molecular flexibility index (Phi) is 8.11. The normalized spacial score (nSPS) is 11.3. The molecular formula is C7H17BrN2O. The number of quaternary nitrogens is 1. The molecule has 68 valence electrons. The lowest BCUT2D eigenvalue weighted by Crippen LogP contribution is -3.00. The summed E-state index contributed by atoms with van der Waals surface area (Å²) in [6, 6.07) is 0. The zero-order chi connectivity index (χ0) is 8.04. The predicted molar refractivity (Wildman–Crippen MR) is 43.0 cm³/mol. The maximum Gasteiger partial charge on any atom is 0.165 e. The molecule has 0 heterocycles. The Morgan fingerprint density at radius 2 is 1.91 bits per heavy atom. The molecule has 4 heteroatoms. The molecule has 11 heavy (non-hydrogen) atoms. The third kappa shape index (κ3) is 13.0. The molecular weight excluding hydrogens is 208 g/mol. The summed E-state index contributed by atoms with van der Waals surface area (Å²) < 4.78 is 0.916. The van der Waals surface area contributed by atoms with Crippen molar-refractivity contribution in [2.45, 2.75) is 6.92 Å². The molecule has 0 radical (unpaired) electrons. The van der Waals surface area contributed by atoms with Crippen molar-refractivity contribution in [3.05, 3.63) is 0 Å². The van der Waals surface area contributed by atoms with Crippen LogP contribution in [0.3, 0.4) is 0 Å². The van der Waals surface area contributed by atoms with Crippen LogP contribution >= 0.6 is 0 Å². The number of hydrogen-bond donors (Lipinski definition) is 0. The van der Waals surface area contributed by atoms with Crippen LogP contribution in [-0.4, -0.2) is 45.0 Å². The minimum absolute atomic E-state index is 0. The lowest BCUT2D eigenvalue weighted by Gasteiger charge is -2.22. The molecule has 0 fully saturated rings. The van der Waals surface area contributed by atoms with Gasteiger partial charge < -0.3 is 26.3 Å². The van der Waals surface area contributed by atoms with E-state index in [2.05, 4.69) is 26.3 Å². The fourth-order valence-corrected chi connectivity index (χ4v) is 0.442. The standard InChI is InChI=1S/C7H17N2O.BrH/c1-5-8-10-7-6-9(2,3)4;/h5H,6-7H2,1-4H3;1H/q+1;/p-1/b8-5-;. The molecule has 0 aromatic rings. The summed E-state index contributed by atoms with van der Waals surface area (Å²) >= 11 is 0. The number of rotatable bonds is 4. The molecule has 0 aromatic heterocycles. The highest BCUT2D eigenvalue weighted by Gasteiger charge is 2.04. The molecule has 0 amide bonds. The molecule has 0 aliphatic rings. The van der Waals surface area contributed by atoms with Gasteiger partial charge in [0.2, 0.25) is 0 Å². The van der Waals surface area contributed by atoms with Crippen LogP contribution < -0.4 is 17.0 Å². The lowest BCUT2D eigenvalue weighted by molar-refractivity contribution is -0.870. The van der Waals surface area contributed by atoms with E-state index in [9.17, 15) is 0 Å². The second kappa shape index (κ2) is 6.61. The fourth-order valence-electron chi connectivity index (χ4n) is 0.442. The first-order chi connectivity index (χ1) is 4.56. The van der Waals surface area contributed by atoms with Crippen LogP contribution in [0.5, 0.6) is 0 Å². The molecule has 0 atom stereocenters. The van der Waals surface area contributed by atoms with Gasteiger partial charge >= 0.3 is 0 Å². The number of oxime groups is 1. The van der Waals surface area contributed by atoms with Crippen molar-refractivity contribution in [1.29, 1.82) is 0 Å². The number of halogens is 1. The van der Waals surface area contributed by atoms with Crippen molar-refractivity contribution in [1.82, 2.24) is 0 Å². The van der Waals surface area contributed by atoms with Crippen molar-refractivity contribution in [3.63, 3.8) is 0 Å². The Hall–Kier alpha value is -0.0900. The van der Waals surface area contributed by atoms with E-state index in [1.165, 1.54) is 0 Å². The first kappa shape index (κ1) is 13.5. The van der Waals surface area contributed by atoms with E-state index in [0.717, 1.165) is 11.0 Å². The Balaban J connectivity index is 0. The van der Waals surface area contributed by atoms with E-state index in [1.54, 1.807) is 6.21 Å². The molecule has 0 N–H and O–H groups in total. The largest absolute Gasteiger partial charge is 1.00 e. The van der Waals surface area contributed by atoms with Crippen LogP contribution in [0.15, 0.2) is 5.16 Å². The van der Waals surface area contributed by atoms with Crippen LogP contribution in [0, 0.1) is 0 Å². The van der Waals surface area contributed by atoms with Crippen molar-refractivity contribution < 1.29 is 26.3 Å². The fraction of sp³-hybridized carbons (Fsp3) is 0.857. The maximum absolute atomic E-state index is 4.91. The average molecular weight is 225 g/mol. The average Bonchev–Trinajstić information content (AvgIpc) is 1.78. The van der Waals surface area contributed by atoms with Crippen molar-refractivity contribution in [3.8, 4) is 0 Å². The SMILES string of the molecule is C/C=N\OCC[N+](C)(C)C.[Br-]. The van der Waals surface area contributed by atoms with Gasteiger partial charge in [0, 0.05) is 6.21 Å². The summed E-state index contributed by atoms with van der Waals surface area (Å²) in [5, 5.41) is 3.64. The Morgan fingerprint density at radius 1 is 1.36 bits per heavy atom. The quantitative estimate of drug-likeness (QED) is 0.228. The van der Waals surface area contributed by atoms with E-state index < -0.39 is 0 Å². The van der Waals surface area contributed by atoms with E-state index in [1.807, 2.05) is 6.92 Å². The summed E-state index contributed by atoms with van der Waals surface area (Å²) in [4.78, 5) is 4.91. The highest BCUT2D eigenvalue weighted by Crippen LogP contribution is 1.88. The van der Waals surface area contributed by atoms with E-state index in [-0.39, 0.29) is 17.0 Å². The molecule has 0 bridgehead atoms. The van der Waals surface area contributed by atoms with Gasteiger partial charge in [-0.05, 0) is 6.92 Å². The Morgan fingerprint density at radius 3 is 2.27 bits per heavy atom. The van der Waals surface area contributed by atoms with Crippen LogP contribution in [0.25, 0.3) is 0 Å². The second-order valence-electron chi connectivity index (χ2n) is 3.21. The summed E-state index contributed by atoms with van der Waals surface area (Å²) in [5.41, 5.74) is 0. The van der Waals surface area contributed by atoms with Gasteiger partial charge in [0.05, 0.1) is 21.1 Å². The predicted octanol–water partition coefficient (Wildman–Crippen LogP) is -2.28. The zero-order valence-corrected chi connectivity index (χ0v) is 9.26. The Bertz CT molecular complexity index is 109. The van der Waals surface area contributed by atoms with E-state index in [0.29, 0.717) is 6.61 Å². The molecule has 0 rings (SSSR count). The topological polar surface area (TPSA) is 21.6 Å². The lowest BCUT2D eigenvalue weighted by atomic mass is 10.5. The first-order valence-electron chi connectivity index (χ1n) is 3.46. The van der Waals surface area contributed by atoms with Gasteiger partial charge in [-0.25, -0.2) is 0 Å². The van der Waals surface area contributed by atoms with Gasteiger partial charge in [0.15, 0.2) is 6.61 Å². The number of hydrogen-bond acceptors (Lipinski definition) is 2. The monoisotopic (exact) mass is 224 g/mol. The van der Waals surface area contributed by atoms with Gasteiger partial charge in [0.25, 0.3) is 0 Å². The third-order valence-corrected chi connectivity index (χ3v) is 1.03. The van der Waals surface area contributed by atoms with Gasteiger partial charge in [-0.3, -0.25) is 0 Å². The molecule has 0 aliphatic heterocycles. The molecule has 0 saturated heterocycles. The number of nitrogens with zero attached hydrogens (tertiary/aromatic N) is 2. The molecule has 0 spiro atoms. The minimum Gasteiger partial charge on any atom is -1.00 e. The van der Waals surface area contributed by atoms with Crippen molar-refractivity contribution in [2.24, 2.45) is 5.16 Å². The molecule has 0 saturated carbocycles. The molecule has 0 aromatic carbocycles.